The van der Waals surface area contributed by atoms with E-state index in [4.69, 9.17) is 11.1 Å². The molecule has 0 aromatic carbocycles. The molecule has 0 fully saturated rings. The molecule has 1 rings (SSSR count). The smallest absolute Gasteiger partial charge is 0.384 e. The second kappa shape index (κ2) is 4.60. The Morgan fingerprint density at radius 3 is 2.53 bits per heavy atom. The summed E-state index contributed by atoms with van der Waals surface area (Å²) >= 11 is 0. The number of rotatable bonds is 3. The monoisotopic (exact) mass is 246 g/mol. The molecule has 17 heavy (non-hydrogen) atoms. The van der Waals surface area contributed by atoms with Crippen molar-refractivity contribution in [1.82, 2.24) is 4.98 Å². The van der Waals surface area contributed by atoms with Crippen LogP contribution >= 0.6 is 0 Å². The Bertz CT molecular complexity index is 428. The fraction of sp³-hybridized carbons (Fsp3) is 0.400. The van der Waals surface area contributed by atoms with Crippen molar-refractivity contribution in [2.24, 2.45) is 5.73 Å². The number of halogens is 3. The zero-order chi connectivity index (χ0) is 13.2. The van der Waals surface area contributed by atoms with Gasteiger partial charge in [-0.3, -0.25) is 5.41 Å². The molecule has 0 saturated heterocycles. The van der Waals surface area contributed by atoms with Crippen LogP contribution < -0.4 is 10.6 Å². The molecule has 0 saturated carbocycles. The minimum atomic E-state index is -4.30. The molecule has 4 nitrogen and oxygen atoms in total. The molecule has 3 N–H and O–H groups in total. The number of nitrogens with two attached hydrogens (primary N) is 1. The molecule has 0 radical (unpaired) electrons. The number of amidine groups is 1. The number of nitrogen functional groups attached to an aromatic ring is 1. The van der Waals surface area contributed by atoms with Gasteiger partial charge in [0, 0.05) is 18.3 Å². The Morgan fingerprint density at radius 1 is 1.47 bits per heavy atom. The minimum Gasteiger partial charge on any atom is -0.384 e. The number of aromatic nitrogens is 1. The fourth-order valence-electron chi connectivity index (χ4n) is 1.35. The number of hydrogen-bond donors (Lipinski definition) is 2. The van der Waals surface area contributed by atoms with Crippen molar-refractivity contribution in [3.63, 3.8) is 0 Å². The summed E-state index contributed by atoms with van der Waals surface area (Å²) in [5.74, 6) is -0.0512. The van der Waals surface area contributed by atoms with Crippen LogP contribution in [0.1, 0.15) is 11.3 Å². The van der Waals surface area contributed by atoms with Crippen molar-refractivity contribution in [3.8, 4) is 0 Å². The van der Waals surface area contributed by atoms with Crippen LogP contribution in [0.15, 0.2) is 12.1 Å². The highest BCUT2D eigenvalue weighted by molar-refractivity contribution is 5.95. The fourth-order valence-corrected chi connectivity index (χ4v) is 1.35. The van der Waals surface area contributed by atoms with E-state index >= 15 is 0 Å². The molecule has 0 bridgehead atoms. The van der Waals surface area contributed by atoms with Crippen molar-refractivity contribution in [1.29, 1.82) is 5.41 Å². The SMILES string of the molecule is Cc1cc(C(=N)N)cc(N(C)CC(F)(F)F)n1. The van der Waals surface area contributed by atoms with E-state index in [9.17, 15) is 13.2 Å². The normalized spacial score (nSPS) is 11.4. The first-order valence-corrected chi connectivity index (χ1v) is 4.80. The second-order valence-corrected chi connectivity index (χ2v) is 3.74. The quantitative estimate of drug-likeness (QED) is 0.629. The highest BCUT2D eigenvalue weighted by atomic mass is 19.4. The van der Waals surface area contributed by atoms with Gasteiger partial charge in [-0.25, -0.2) is 4.98 Å². The van der Waals surface area contributed by atoms with Crippen LogP contribution in [-0.2, 0) is 0 Å². The van der Waals surface area contributed by atoms with Crippen molar-refractivity contribution >= 4 is 11.7 Å². The molecule has 0 aliphatic heterocycles. The van der Waals surface area contributed by atoms with E-state index in [1.165, 1.54) is 13.1 Å². The number of hydrogen-bond acceptors (Lipinski definition) is 3. The van der Waals surface area contributed by atoms with Crippen LogP contribution in [0, 0.1) is 12.3 Å². The lowest BCUT2D eigenvalue weighted by atomic mass is 10.2. The molecular formula is C10H13F3N4. The molecule has 94 valence electrons. The molecule has 0 spiro atoms. The van der Waals surface area contributed by atoms with E-state index in [-0.39, 0.29) is 11.7 Å². The third-order valence-corrected chi connectivity index (χ3v) is 2.06. The largest absolute Gasteiger partial charge is 0.405 e. The van der Waals surface area contributed by atoms with Gasteiger partial charge in [-0.05, 0) is 19.1 Å². The predicted molar refractivity (Wildman–Crippen MR) is 59.3 cm³/mol. The summed E-state index contributed by atoms with van der Waals surface area (Å²) in [7, 11) is 1.29. The maximum Gasteiger partial charge on any atom is 0.405 e. The minimum absolute atomic E-state index is 0.146. The molecule has 1 aromatic rings. The summed E-state index contributed by atoms with van der Waals surface area (Å²) in [6.45, 7) is 0.540. The van der Waals surface area contributed by atoms with Gasteiger partial charge in [-0.1, -0.05) is 0 Å². The standard InChI is InChI=1S/C10H13F3N4/c1-6-3-7(9(14)15)4-8(16-6)17(2)5-10(11,12)13/h3-4H,5H2,1-2H3,(H3,14,15). The van der Waals surface area contributed by atoms with Gasteiger partial charge in [-0.15, -0.1) is 0 Å². The van der Waals surface area contributed by atoms with Gasteiger partial charge in [0.25, 0.3) is 0 Å². The first kappa shape index (κ1) is 13.3. The lowest BCUT2D eigenvalue weighted by Gasteiger charge is -2.20. The van der Waals surface area contributed by atoms with E-state index in [2.05, 4.69) is 4.98 Å². The van der Waals surface area contributed by atoms with E-state index in [1.54, 1.807) is 13.0 Å². The van der Waals surface area contributed by atoms with E-state index in [1.807, 2.05) is 0 Å². The van der Waals surface area contributed by atoms with E-state index < -0.39 is 12.7 Å². The van der Waals surface area contributed by atoms with Crippen molar-refractivity contribution in [2.75, 3.05) is 18.5 Å². The summed E-state index contributed by atoms with van der Waals surface area (Å²) in [4.78, 5) is 4.95. The van der Waals surface area contributed by atoms with Crippen LogP contribution in [0.25, 0.3) is 0 Å². The molecule has 7 heteroatoms. The highest BCUT2D eigenvalue weighted by Crippen LogP contribution is 2.20. The molecule has 0 aliphatic carbocycles. The molecule has 1 aromatic heterocycles. The number of aryl methyl sites for hydroxylation is 1. The number of pyridine rings is 1. The van der Waals surface area contributed by atoms with Crippen LogP contribution in [-0.4, -0.2) is 30.6 Å². The first-order valence-electron chi connectivity index (χ1n) is 4.80. The van der Waals surface area contributed by atoms with Crippen LogP contribution in [0.3, 0.4) is 0 Å². The first-order chi connectivity index (χ1) is 7.69. The lowest BCUT2D eigenvalue weighted by molar-refractivity contribution is -0.119. The van der Waals surface area contributed by atoms with Gasteiger partial charge >= 0.3 is 6.18 Å². The molecular weight excluding hydrogens is 233 g/mol. The average Bonchev–Trinajstić information content (AvgIpc) is 2.13. The average molecular weight is 246 g/mol. The van der Waals surface area contributed by atoms with Gasteiger partial charge in [0.15, 0.2) is 0 Å². The topological polar surface area (TPSA) is 66.0 Å². The van der Waals surface area contributed by atoms with Crippen molar-refractivity contribution < 1.29 is 13.2 Å². The van der Waals surface area contributed by atoms with E-state index in [0.29, 0.717) is 11.3 Å². The van der Waals surface area contributed by atoms with Crippen LogP contribution in [0.5, 0.6) is 0 Å². The summed E-state index contributed by atoms with van der Waals surface area (Å²) in [5.41, 5.74) is 6.17. The Labute approximate surface area is 96.8 Å². The second-order valence-electron chi connectivity index (χ2n) is 3.74. The van der Waals surface area contributed by atoms with E-state index in [0.717, 1.165) is 4.90 Å². The molecule has 0 atom stereocenters. The van der Waals surface area contributed by atoms with Gasteiger partial charge in [0.05, 0.1) is 0 Å². The summed E-state index contributed by atoms with van der Waals surface area (Å²) < 4.78 is 36.6. The molecule has 0 unspecified atom stereocenters. The maximum absolute atomic E-state index is 12.2. The Balaban J connectivity index is 3.01. The number of nitrogens with zero attached hydrogens (tertiary/aromatic N) is 2. The van der Waals surface area contributed by atoms with Gasteiger partial charge in [0.1, 0.15) is 18.2 Å². The maximum atomic E-state index is 12.2. The summed E-state index contributed by atoms with van der Waals surface area (Å²) in [6.07, 6.45) is -4.30. The van der Waals surface area contributed by atoms with Crippen molar-refractivity contribution in [3.05, 3.63) is 23.4 Å². The molecule has 0 aliphatic rings. The van der Waals surface area contributed by atoms with Gasteiger partial charge in [-0.2, -0.15) is 13.2 Å². The summed E-state index contributed by atoms with van der Waals surface area (Å²) in [6, 6.07) is 2.91. The third-order valence-electron chi connectivity index (χ3n) is 2.06. The lowest BCUT2D eigenvalue weighted by Crippen LogP contribution is -2.31. The van der Waals surface area contributed by atoms with Crippen LogP contribution in [0.4, 0.5) is 19.0 Å². The highest BCUT2D eigenvalue weighted by Gasteiger charge is 2.29. The zero-order valence-electron chi connectivity index (χ0n) is 9.47. The van der Waals surface area contributed by atoms with Crippen molar-refractivity contribution in [2.45, 2.75) is 13.1 Å². The Morgan fingerprint density at radius 2 is 2.06 bits per heavy atom. The molecule has 0 amide bonds. The van der Waals surface area contributed by atoms with Gasteiger partial charge in [0.2, 0.25) is 0 Å². The number of anilines is 1. The Kier molecular flexibility index (Phi) is 3.59. The number of nitrogens with one attached hydrogen (secondary N) is 1. The Hall–Kier alpha value is -1.79. The van der Waals surface area contributed by atoms with Gasteiger partial charge < -0.3 is 10.6 Å². The molecule has 1 heterocycles. The zero-order valence-corrected chi connectivity index (χ0v) is 9.47. The summed E-state index contributed by atoms with van der Waals surface area (Å²) in [5, 5.41) is 7.26. The number of alkyl halides is 3. The predicted octanol–water partition coefficient (Wildman–Crippen LogP) is 1.67. The van der Waals surface area contributed by atoms with Crippen LogP contribution in [0.2, 0.25) is 0 Å². The third kappa shape index (κ3) is 3.93.